The van der Waals surface area contributed by atoms with Crippen molar-refractivity contribution in [1.29, 1.82) is 5.26 Å². The van der Waals surface area contributed by atoms with Gasteiger partial charge in [0.05, 0.1) is 12.5 Å². The maximum atomic E-state index is 8.88. The molecule has 1 heterocycles. The third kappa shape index (κ3) is 3.10. The number of piperazine rings is 1. The lowest BCUT2D eigenvalue weighted by atomic mass is 10.0. The van der Waals surface area contributed by atoms with E-state index in [-0.39, 0.29) is 0 Å². The lowest BCUT2D eigenvalue weighted by molar-refractivity contribution is 0.0488. The molecule has 0 bridgehead atoms. The Labute approximate surface area is 110 Å². The third-order valence-electron chi connectivity index (χ3n) is 3.80. The van der Waals surface area contributed by atoms with Crippen molar-refractivity contribution >= 4 is 0 Å². The third-order valence-corrected chi connectivity index (χ3v) is 3.80. The average Bonchev–Trinajstić information content (AvgIpc) is 2.37. The fraction of sp³-hybridized carbons (Fsp3) is 0.533. The highest BCUT2D eigenvalue weighted by atomic mass is 15.3. The van der Waals surface area contributed by atoms with E-state index in [1.54, 1.807) is 0 Å². The molecule has 0 spiro atoms. The van der Waals surface area contributed by atoms with E-state index in [2.05, 4.69) is 60.2 Å². The molecular weight excluding hydrogens is 222 g/mol. The van der Waals surface area contributed by atoms with Crippen LogP contribution in [0.3, 0.4) is 0 Å². The summed E-state index contributed by atoms with van der Waals surface area (Å²) in [4.78, 5) is 4.80. The summed E-state index contributed by atoms with van der Waals surface area (Å²) in [5, 5.41) is 8.88. The van der Waals surface area contributed by atoms with E-state index in [1.807, 2.05) is 0 Å². The molecule has 1 aliphatic heterocycles. The molecule has 2 unspecified atom stereocenters. The highest BCUT2D eigenvalue weighted by Crippen LogP contribution is 2.18. The Hall–Kier alpha value is -1.37. The van der Waals surface area contributed by atoms with Gasteiger partial charge in [-0.05, 0) is 19.5 Å². The van der Waals surface area contributed by atoms with Gasteiger partial charge < -0.3 is 0 Å². The zero-order valence-electron chi connectivity index (χ0n) is 11.2. The predicted octanol–water partition coefficient (Wildman–Crippen LogP) is 2.10. The van der Waals surface area contributed by atoms with Crippen LogP contribution in [0.2, 0.25) is 0 Å². The minimum Gasteiger partial charge on any atom is -0.300 e. The molecule has 1 aromatic rings. The molecule has 18 heavy (non-hydrogen) atoms. The van der Waals surface area contributed by atoms with E-state index in [4.69, 9.17) is 5.26 Å². The Bertz CT molecular complexity index is 409. The number of hydrogen-bond acceptors (Lipinski definition) is 3. The number of nitrogens with zero attached hydrogens (tertiary/aromatic N) is 3. The number of hydrogen-bond donors (Lipinski definition) is 0. The first-order valence-corrected chi connectivity index (χ1v) is 6.56. The van der Waals surface area contributed by atoms with Gasteiger partial charge in [-0.3, -0.25) is 9.80 Å². The highest BCUT2D eigenvalue weighted by Gasteiger charge is 2.28. The van der Waals surface area contributed by atoms with Crippen LogP contribution in [-0.2, 0) is 6.54 Å². The molecule has 2 rings (SSSR count). The van der Waals surface area contributed by atoms with Crippen LogP contribution in [0.5, 0.6) is 0 Å². The molecule has 1 saturated heterocycles. The molecule has 0 aromatic heterocycles. The molecule has 3 nitrogen and oxygen atoms in total. The zero-order chi connectivity index (χ0) is 13.0. The summed E-state index contributed by atoms with van der Waals surface area (Å²) < 4.78 is 0. The Kier molecular flexibility index (Phi) is 4.35. The first kappa shape index (κ1) is 13.1. The summed E-state index contributed by atoms with van der Waals surface area (Å²) in [5.74, 6) is 0. The largest absolute Gasteiger partial charge is 0.300 e. The minimum atomic E-state index is 0.370. The van der Waals surface area contributed by atoms with Crippen molar-refractivity contribution in [3.63, 3.8) is 0 Å². The number of likely N-dealkylation sites (N-methyl/N-ethyl adjacent to an activating group) is 1. The average molecular weight is 243 g/mol. The zero-order valence-corrected chi connectivity index (χ0v) is 11.2. The Morgan fingerprint density at radius 3 is 2.67 bits per heavy atom. The van der Waals surface area contributed by atoms with Crippen LogP contribution < -0.4 is 0 Å². The lowest BCUT2D eigenvalue weighted by Gasteiger charge is -2.43. The molecule has 96 valence electrons. The maximum absolute atomic E-state index is 8.88. The van der Waals surface area contributed by atoms with Crippen molar-refractivity contribution in [3.8, 4) is 6.07 Å². The highest BCUT2D eigenvalue weighted by molar-refractivity contribution is 5.14. The summed E-state index contributed by atoms with van der Waals surface area (Å²) in [6.07, 6.45) is 0.620. The maximum Gasteiger partial charge on any atom is 0.0638 e. The van der Waals surface area contributed by atoms with E-state index in [9.17, 15) is 0 Å². The van der Waals surface area contributed by atoms with Gasteiger partial charge in [-0.25, -0.2) is 0 Å². The summed E-state index contributed by atoms with van der Waals surface area (Å²) in [6.45, 7) is 5.28. The van der Waals surface area contributed by atoms with E-state index in [1.165, 1.54) is 5.56 Å². The number of benzene rings is 1. The van der Waals surface area contributed by atoms with E-state index < -0.39 is 0 Å². The van der Waals surface area contributed by atoms with Crippen molar-refractivity contribution < 1.29 is 0 Å². The van der Waals surface area contributed by atoms with Gasteiger partial charge in [-0.1, -0.05) is 30.3 Å². The molecule has 1 aromatic carbocycles. The molecule has 1 fully saturated rings. The minimum absolute atomic E-state index is 0.370. The summed E-state index contributed by atoms with van der Waals surface area (Å²) in [6, 6.07) is 13.8. The van der Waals surface area contributed by atoms with Crippen LogP contribution in [0.15, 0.2) is 30.3 Å². The van der Waals surface area contributed by atoms with Crippen molar-refractivity contribution in [2.75, 3.05) is 20.1 Å². The monoisotopic (exact) mass is 243 g/mol. The fourth-order valence-electron chi connectivity index (χ4n) is 2.64. The lowest BCUT2D eigenvalue weighted by Crippen LogP contribution is -2.55. The van der Waals surface area contributed by atoms with Crippen molar-refractivity contribution in [3.05, 3.63) is 35.9 Å². The number of rotatable bonds is 3. The van der Waals surface area contributed by atoms with Crippen LogP contribution in [0.4, 0.5) is 0 Å². The van der Waals surface area contributed by atoms with E-state index >= 15 is 0 Å². The van der Waals surface area contributed by atoms with Crippen LogP contribution in [0.1, 0.15) is 18.9 Å². The summed E-state index contributed by atoms with van der Waals surface area (Å²) in [7, 11) is 2.12. The van der Waals surface area contributed by atoms with Gasteiger partial charge in [0, 0.05) is 31.7 Å². The smallest absolute Gasteiger partial charge is 0.0638 e. The molecule has 0 N–H and O–H groups in total. The Balaban J connectivity index is 2.01. The second kappa shape index (κ2) is 5.99. The van der Waals surface area contributed by atoms with Gasteiger partial charge >= 0.3 is 0 Å². The first-order valence-electron chi connectivity index (χ1n) is 6.56. The van der Waals surface area contributed by atoms with Crippen molar-refractivity contribution in [2.45, 2.75) is 32.0 Å². The van der Waals surface area contributed by atoms with Gasteiger partial charge in [0.2, 0.25) is 0 Å². The molecule has 0 aliphatic carbocycles. The van der Waals surface area contributed by atoms with Crippen LogP contribution >= 0.6 is 0 Å². The second-order valence-electron chi connectivity index (χ2n) is 5.22. The molecule has 0 radical (unpaired) electrons. The molecule has 3 heteroatoms. The predicted molar refractivity (Wildman–Crippen MR) is 73.0 cm³/mol. The van der Waals surface area contributed by atoms with Gasteiger partial charge in [0.15, 0.2) is 0 Å². The summed E-state index contributed by atoms with van der Waals surface area (Å²) in [5.41, 5.74) is 1.35. The van der Waals surface area contributed by atoms with Crippen molar-refractivity contribution in [2.24, 2.45) is 0 Å². The van der Waals surface area contributed by atoms with Crippen LogP contribution in [0.25, 0.3) is 0 Å². The van der Waals surface area contributed by atoms with Gasteiger partial charge in [0.25, 0.3) is 0 Å². The van der Waals surface area contributed by atoms with Gasteiger partial charge in [0.1, 0.15) is 0 Å². The Morgan fingerprint density at radius 2 is 2.00 bits per heavy atom. The normalized spacial score (nSPS) is 25.8. The SMILES string of the molecule is CC1CN(C)C(CC#N)CN1Cc1ccccc1. The topological polar surface area (TPSA) is 30.3 Å². The molecule has 1 aliphatic rings. The van der Waals surface area contributed by atoms with Crippen LogP contribution in [-0.4, -0.2) is 42.0 Å². The standard InChI is InChI=1S/C15H21N3/c1-13-10-17(2)15(8-9-16)12-18(13)11-14-6-4-3-5-7-14/h3-7,13,15H,8,10-12H2,1-2H3. The fourth-order valence-corrected chi connectivity index (χ4v) is 2.64. The molecule has 2 atom stereocenters. The first-order chi connectivity index (χ1) is 8.70. The quantitative estimate of drug-likeness (QED) is 0.814. The second-order valence-corrected chi connectivity index (χ2v) is 5.22. The van der Waals surface area contributed by atoms with E-state index in [0.29, 0.717) is 18.5 Å². The van der Waals surface area contributed by atoms with Gasteiger partial charge in [-0.2, -0.15) is 5.26 Å². The Morgan fingerprint density at radius 1 is 1.28 bits per heavy atom. The van der Waals surface area contributed by atoms with E-state index in [0.717, 1.165) is 19.6 Å². The van der Waals surface area contributed by atoms with Crippen LogP contribution in [0, 0.1) is 11.3 Å². The van der Waals surface area contributed by atoms with Gasteiger partial charge in [-0.15, -0.1) is 0 Å². The number of nitriles is 1. The molecule has 0 amide bonds. The molecular formula is C15H21N3. The summed E-state index contributed by atoms with van der Waals surface area (Å²) >= 11 is 0. The molecule has 0 saturated carbocycles. The van der Waals surface area contributed by atoms with Crippen molar-refractivity contribution in [1.82, 2.24) is 9.80 Å².